The molecule has 0 amide bonds. The van der Waals surface area contributed by atoms with Gasteiger partial charge in [0.25, 0.3) is 0 Å². The smallest absolute Gasteiger partial charge is 0.0362 e. The van der Waals surface area contributed by atoms with Crippen molar-refractivity contribution in [1.82, 2.24) is 0 Å². The summed E-state index contributed by atoms with van der Waals surface area (Å²) in [6.45, 7) is 4.65. The lowest BCUT2D eigenvalue weighted by molar-refractivity contribution is 0.447. The summed E-state index contributed by atoms with van der Waals surface area (Å²) in [6.07, 6.45) is 29.3. The van der Waals surface area contributed by atoms with Gasteiger partial charge >= 0.3 is 0 Å². The van der Waals surface area contributed by atoms with Gasteiger partial charge in [0.2, 0.25) is 0 Å². The van der Waals surface area contributed by atoms with Crippen molar-refractivity contribution in [3.8, 4) is 11.1 Å². The Kier molecular flexibility index (Phi) is 7.96. The molecule has 0 radical (unpaired) electrons. The Bertz CT molecular complexity index is 2680. The van der Waals surface area contributed by atoms with Gasteiger partial charge in [0, 0.05) is 25.6 Å². The fourth-order valence-electron chi connectivity index (χ4n) is 9.55. The van der Waals surface area contributed by atoms with Crippen LogP contribution in [-0.2, 0) is 12.8 Å². The zero-order valence-corrected chi connectivity index (χ0v) is 31.4. The van der Waals surface area contributed by atoms with E-state index in [2.05, 4.69) is 172 Å². The third-order valence-electron chi connectivity index (χ3n) is 12.3. The second-order valence-electron chi connectivity index (χ2n) is 15.8. The molecule has 1 heteroatoms. The largest absolute Gasteiger partial charge is 0.135 e. The second-order valence-corrected chi connectivity index (χ2v) is 16.9. The van der Waals surface area contributed by atoms with Crippen LogP contribution >= 0.6 is 11.3 Å². The van der Waals surface area contributed by atoms with Gasteiger partial charge in [-0.25, -0.2) is 0 Å². The van der Waals surface area contributed by atoms with Crippen molar-refractivity contribution >= 4 is 47.9 Å². The van der Waals surface area contributed by atoms with Gasteiger partial charge in [0.15, 0.2) is 0 Å². The molecule has 0 saturated carbocycles. The van der Waals surface area contributed by atoms with Crippen molar-refractivity contribution < 1.29 is 0 Å². The molecule has 0 nitrogen and oxygen atoms in total. The third kappa shape index (κ3) is 5.74. The molecule has 0 spiro atoms. The van der Waals surface area contributed by atoms with E-state index in [1.807, 2.05) is 11.3 Å². The number of benzene rings is 5. The number of thiophene rings is 1. The molecule has 4 aliphatic rings. The topological polar surface area (TPSA) is 0 Å². The molecular weight excluding hydrogens is 657 g/mol. The van der Waals surface area contributed by atoms with Gasteiger partial charge in [0.1, 0.15) is 0 Å². The molecule has 0 saturated heterocycles. The van der Waals surface area contributed by atoms with Gasteiger partial charge in [-0.15, -0.1) is 11.3 Å². The van der Waals surface area contributed by atoms with Gasteiger partial charge < -0.3 is 0 Å². The Hall–Kier alpha value is -5.24. The van der Waals surface area contributed by atoms with E-state index in [1.165, 1.54) is 86.6 Å². The number of hydrogen-bond acceptors (Lipinski definition) is 1. The normalized spacial score (nSPS) is 22.0. The van der Waals surface area contributed by atoms with Crippen LogP contribution < -0.4 is 0 Å². The summed E-state index contributed by atoms with van der Waals surface area (Å²) in [6, 6.07) is 37.0. The zero-order valence-electron chi connectivity index (χ0n) is 30.6. The average molecular weight is 701 g/mol. The predicted octanol–water partition coefficient (Wildman–Crippen LogP) is 14.3. The molecule has 0 aliphatic heterocycles. The Labute approximate surface area is 317 Å². The Morgan fingerprint density at radius 3 is 2.53 bits per heavy atom. The molecule has 1 heterocycles. The SMILES string of the molecule is Cc1ccc2c(c1)C(CC1C=C(C3=CCCC=C3)C=CC1C)=C1C=CC=C[C@@]1(Cc1cccc(-c3cccc4sc5cc6ccccc6cc5c34)c1)C2. The highest BCUT2D eigenvalue weighted by atomic mass is 32.1. The van der Waals surface area contributed by atoms with Gasteiger partial charge in [-0.05, 0) is 130 Å². The van der Waals surface area contributed by atoms with E-state index in [0.717, 1.165) is 32.1 Å². The highest BCUT2D eigenvalue weighted by Crippen LogP contribution is 2.51. The van der Waals surface area contributed by atoms with Crippen molar-refractivity contribution in [2.24, 2.45) is 17.3 Å². The predicted molar refractivity (Wildman–Crippen MR) is 229 cm³/mol. The van der Waals surface area contributed by atoms with Gasteiger partial charge in [-0.3, -0.25) is 0 Å². The van der Waals surface area contributed by atoms with E-state index in [0.29, 0.717) is 11.8 Å². The summed E-state index contributed by atoms with van der Waals surface area (Å²) < 4.78 is 2.71. The van der Waals surface area contributed by atoms with Crippen LogP contribution in [0.15, 0.2) is 175 Å². The van der Waals surface area contributed by atoms with E-state index in [9.17, 15) is 0 Å². The molecule has 3 atom stereocenters. The molecule has 0 N–H and O–H groups in total. The van der Waals surface area contributed by atoms with E-state index in [4.69, 9.17) is 0 Å². The quantitative estimate of drug-likeness (QED) is 0.162. The number of rotatable bonds is 6. The molecule has 53 heavy (non-hydrogen) atoms. The molecule has 6 aromatic rings. The molecule has 258 valence electrons. The first-order valence-electron chi connectivity index (χ1n) is 19.4. The van der Waals surface area contributed by atoms with Crippen molar-refractivity contribution in [1.29, 1.82) is 0 Å². The number of fused-ring (bicyclic) bond motifs is 6. The molecular formula is C52H44S. The number of allylic oxidation sites excluding steroid dienone is 14. The first-order chi connectivity index (χ1) is 26.0. The van der Waals surface area contributed by atoms with Gasteiger partial charge in [-0.2, -0.15) is 0 Å². The molecule has 4 aliphatic carbocycles. The Morgan fingerprint density at radius 2 is 1.64 bits per heavy atom. The molecule has 10 rings (SSSR count). The van der Waals surface area contributed by atoms with Crippen molar-refractivity contribution in [2.45, 2.75) is 46.0 Å². The van der Waals surface area contributed by atoms with Crippen LogP contribution in [0, 0.1) is 24.2 Å². The highest BCUT2D eigenvalue weighted by Gasteiger charge is 2.39. The third-order valence-corrected chi connectivity index (χ3v) is 13.4. The molecule has 1 aromatic heterocycles. The van der Waals surface area contributed by atoms with Crippen molar-refractivity contribution in [3.05, 3.63) is 197 Å². The minimum Gasteiger partial charge on any atom is -0.135 e. The van der Waals surface area contributed by atoms with Gasteiger partial charge in [0.05, 0.1) is 0 Å². The fourth-order valence-corrected chi connectivity index (χ4v) is 10.7. The lowest BCUT2D eigenvalue weighted by Crippen LogP contribution is -2.32. The molecule has 0 fully saturated rings. The Morgan fingerprint density at radius 1 is 0.755 bits per heavy atom. The summed E-state index contributed by atoms with van der Waals surface area (Å²) in [7, 11) is 0. The molecule has 0 bridgehead atoms. The van der Waals surface area contributed by atoms with Crippen LogP contribution in [0.25, 0.3) is 47.6 Å². The Balaban J connectivity index is 1.06. The van der Waals surface area contributed by atoms with Gasteiger partial charge in [-0.1, -0.05) is 152 Å². The maximum absolute atomic E-state index is 2.58. The first kappa shape index (κ1) is 32.4. The summed E-state index contributed by atoms with van der Waals surface area (Å²) in [4.78, 5) is 0. The van der Waals surface area contributed by atoms with Crippen molar-refractivity contribution in [2.75, 3.05) is 0 Å². The fraction of sp³-hybridized carbons (Fsp3) is 0.192. The standard InChI is InChI=1S/C52H44S/c1-34-21-23-42-33-52(25-9-8-19-48(52)46(45(42)26-34)30-43-28-40(24-22-35(43)2)37-13-4-3-5-14-37)32-36-12-10-17-41(27-36)44-18-11-20-49-51(44)47-29-38-15-6-7-16-39(38)31-50(47)53-49/h4,6-29,31,35,43H,3,5,30,32-33H2,1-2H3/t35?,43?,52-/m1/s1. The minimum atomic E-state index is -0.0973. The average Bonchev–Trinajstić information content (AvgIpc) is 3.55. The minimum absolute atomic E-state index is 0.0973. The number of hydrogen-bond donors (Lipinski definition) is 0. The van der Waals surface area contributed by atoms with E-state index in [1.54, 1.807) is 0 Å². The first-order valence-corrected chi connectivity index (χ1v) is 20.2. The maximum Gasteiger partial charge on any atom is 0.0362 e. The maximum atomic E-state index is 2.58. The highest BCUT2D eigenvalue weighted by molar-refractivity contribution is 7.26. The van der Waals surface area contributed by atoms with Crippen LogP contribution in [0.1, 0.15) is 48.4 Å². The van der Waals surface area contributed by atoms with Crippen LogP contribution in [-0.4, -0.2) is 0 Å². The summed E-state index contributed by atoms with van der Waals surface area (Å²) in [5.41, 5.74) is 14.0. The van der Waals surface area contributed by atoms with Crippen LogP contribution in [0.2, 0.25) is 0 Å². The molecule has 5 aromatic carbocycles. The van der Waals surface area contributed by atoms with Crippen LogP contribution in [0.3, 0.4) is 0 Å². The second kappa shape index (κ2) is 13.0. The monoisotopic (exact) mass is 700 g/mol. The lowest BCUT2D eigenvalue weighted by Gasteiger charge is -2.42. The van der Waals surface area contributed by atoms with Crippen LogP contribution in [0.4, 0.5) is 0 Å². The van der Waals surface area contributed by atoms with E-state index in [-0.39, 0.29) is 5.41 Å². The lowest BCUT2D eigenvalue weighted by atomic mass is 9.62. The number of aryl methyl sites for hydroxylation is 1. The van der Waals surface area contributed by atoms with Crippen molar-refractivity contribution in [3.63, 3.8) is 0 Å². The summed E-state index contributed by atoms with van der Waals surface area (Å²) in [5.74, 6) is 0.928. The summed E-state index contributed by atoms with van der Waals surface area (Å²) in [5, 5.41) is 5.34. The zero-order chi connectivity index (χ0) is 35.5. The summed E-state index contributed by atoms with van der Waals surface area (Å²) >= 11 is 1.91. The van der Waals surface area contributed by atoms with E-state index >= 15 is 0 Å². The van der Waals surface area contributed by atoms with E-state index < -0.39 is 0 Å². The molecule has 2 unspecified atom stereocenters. The van der Waals surface area contributed by atoms with Crippen LogP contribution in [0.5, 0.6) is 0 Å².